The van der Waals surface area contributed by atoms with Crippen molar-refractivity contribution in [1.29, 1.82) is 0 Å². The number of ether oxygens (including phenoxy) is 1. The average Bonchev–Trinajstić information content (AvgIpc) is 3.18. The predicted octanol–water partition coefficient (Wildman–Crippen LogP) is 2.88. The van der Waals surface area contributed by atoms with Crippen LogP contribution in [0.25, 0.3) is 10.6 Å². The van der Waals surface area contributed by atoms with Crippen LogP contribution in [0.5, 0.6) is 0 Å². The highest BCUT2D eigenvalue weighted by Gasteiger charge is 2.10. The number of carbonyl (C=O) groups excluding carboxylic acids is 1. The monoisotopic (exact) mass is 305 g/mol. The summed E-state index contributed by atoms with van der Waals surface area (Å²) in [5.74, 6) is -0.284. The minimum atomic E-state index is -0.284. The van der Waals surface area contributed by atoms with E-state index >= 15 is 0 Å². The smallest absolute Gasteiger partial charge is 0.312 e. The lowest BCUT2D eigenvalue weighted by Crippen LogP contribution is -2.07. The maximum absolute atomic E-state index is 11.7. The number of carbonyl (C=O) groups is 1. The first-order chi connectivity index (χ1) is 9.81. The first-order valence-electron chi connectivity index (χ1n) is 5.91. The number of rotatable bonds is 5. The topological polar surface area (TPSA) is 67.9 Å². The number of nitrogens with one attached hydrogen (secondary N) is 1. The summed E-state index contributed by atoms with van der Waals surface area (Å²) in [5.41, 5.74) is 2.68. The first-order valence-corrected chi connectivity index (χ1v) is 7.74. The molecule has 5 nitrogen and oxygen atoms in total. The number of esters is 1. The second kappa shape index (κ2) is 5.98. The van der Waals surface area contributed by atoms with Crippen molar-refractivity contribution in [3.8, 4) is 10.6 Å². The van der Waals surface area contributed by atoms with Crippen LogP contribution < -0.4 is 0 Å². The summed E-state index contributed by atoms with van der Waals surface area (Å²) in [6.07, 6.45) is 3.52. The Morgan fingerprint density at radius 2 is 2.35 bits per heavy atom. The molecule has 0 unspecified atom stereocenters. The molecule has 0 aliphatic carbocycles. The van der Waals surface area contributed by atoms with Crippen molar-refractivity contribution in [3.05, 3.63) is 45.9 Å². The van der Waals surface area contributed by atoms with Gasteiger partial charge in [-0.25, -0.2) is 4.98 Å². The zero-order valence-electron chi connectivity index (χ0n) is 10.4. The van der Waals surface area contributed by atoms with Gasteiger partial charge < -0.3 is 4.74 Å². The van der Waals surface area contributed by atoms with Gasteiger partial charge in [0.1, 0.15) is 11.6 Å². The molecule has 3 aromatic rings. The predicted molar refractivity (Wildman–Crippen MR) is 77.5 cm³/mol. The molecule has 0 aromatic carbocycles. The molecule has 0 amide bonds. The van der Waals surface area contributed by atoms with E-state index in [4.69, 9.17) is 4.74 Å². The number of nitrogens with zero attached hydrogens (tertiary/aromatic N) is 2. The summed E-state index contributed by atoms with van der Waals surface area (Å²) in [6.45, 7) is 0.233. The van der Waals surface area contributed by atoms with Gasteiger partial charge in [-0.05, 0) is 11.4 Å². The third-order valence-electron chi connectivity index (χ3n) is 2.60. The number of H-pyrrole nitrogens is 1. The number of hydrogen-bond donors (Lipinski definition) is 1. The molecule has 0 aliphatic rings. The highest BCUT2D eigenvalue weighted by atomic mass is 32.1. The van der Waals surface area contributed by atoms with Gasteiger partial charge in [-0.15, -0.1) is 11.3 Å². The Bertz CT molecular complexity index is 674. The molecule has 0 spiro atoms. The van der Waals surface area contributed by atoms with Crippen LogP contribution in [0.1, 0.15) is 11.3 Å². The van der Waals surface area contributed by atoms with Crippen LogP contribution in [0, 0.1) is 0 Å². The lowest BCUT2D eigenvalue weighted by molar-refractivity contribution is -0.144. The van der Waals surface area contributed by atoms with Crippen molar-refractivity contribution in [3.63, 3.8) is 0 Å². The molecule has 3 aromatic heterocycles. The third kappa shape index (κ3) is 3.12. The number of thiazole rings is 1. The molecular formula is C13H11N3O2S2. The maximum Gasteiger partial charge on any atom is 0.312 e. The number of aromatic nitrogens is 3. The molecule has 0 saturated heterocycles. The summed E-state index contributed by atoms with van der Waals surface area (Å²) in [5, 5.41) is 13.3. The van der Waals surface area contributed by atoms with Gasteiger partial charge in [0.2, 0.25) is 0 Å². The van der Waals surface area contributed by atoms with E-state index in [1.54, 1.807) is 23.7 Å². The molecule has 0 atom stereocenters. The summed E-state index contributed by atoms with van der Waals surface area (Å²) in [6, 6.07) is 2.02. The second-order valence-electron chi connectivity index (χ2n) is 4.10. The largest absolute Gasteiger partial charge is 0.460 e. The second-order valence-corrected chi connectivity index (χ2v) is 5.74. The molecule has 3 rings (SSSR count). The molecule has 0 bridgehead atoms. The van der Waals surface area contributed by atoms with Crippen molar-refractivity contribution in [1.82, 2.24) is 15.2 Å². The SMILES string of the molecule is O=C(Cc1csc(-c2ccsc2)n1)OCc1cn[nH]c1. The molecular weight excluding hydrogens is 294 g/mol. The fourth-order valence-corrected chi connectivity index (χ4v) is 3.16. The summed E-state index contributed by atoms with van der Waals surface area (Å²) in [4.78, 5) is 16.2. The van der Waals surface area contributed by atoms with E-state index in [0.29, 0.717) is 0 Å². The van der Waals surface area contributed by atoms with E-state index in [1.807, 2.05) is 22.2 Å². The van der Waals surface area contributed by atoms with Crippen molar-refractivity contribution in [2.24, 2.45) is 0 Å². The van der Waals surface area contributed by atoms with Crippen LogP contribution in [0.4, 0.5) is 0 Å². The first kappa shape index (κ1) is 13.0. The summed E-state index contributed by atoms with van der Waals surface area (Å²) in [7, 11) is 0. The molecule has 1 N–H and O–H groups in total. The maximum atomic E-state index is 11.7. The van der Waals surface area contributed by atoms with Gasteiger partial charge in [0.05, 0.1) is 18.3 Å². The van der Waals surface area contributed by atoms with Gasteiger partial charge in [-0.2, -0.15) is 16.4 Å². The van der Waals surface area contributed by atoms with Gasteiger partial charge in [-0.3, -0.25) is 9.89 Å². The van der Waals surface area contributed by atoms with E-state index in [0.717, 1.165) is 21.8 Å². The van der Waals surface area contributed by atoms with Crippen molar-refractivity contribution in [2.45, 2.75) is 13.0 Å². The zero-order chi connectivity index (χ0) is 13.8. The van der Waals surface area contributed by atoms with Gasteiger partial charge in [0.15, 0.2) is 0 Å². The van der Waals surface area contributed by atoms with Crippen LogP contribution in [0.3, 0.4) is 0 Å². The number of hydrogen-bond acceptors (Lipinski definition) is 6. The normalized spacial score (nSPS) is 10.6. The van der Waals surface area contributed by atoms with E-state index in [-0.39, 0.29) is 19.0 Å². The molecule has 3 heterocycles. The highest BCUT2D eigenvalue weighted by molar-refractivity contribution is 7.14. The molecule has 102 valence electrons. The Morgan fingerprint density at radius 3 is 3.10 bits per heavy atom. The standard InChI is InChI=1S/C13H11N3O2S2/c17-12(18-6-9-4-14-15-5-9)3-11-8-20-13(16-11)10-1-2-19-7-10/h1-2,4-5,7-8H,3,6H2,(H,14,15). The van der Waals surface area contributed by atoms with Crippen molar-refractivity contribution < 1.29 is 9.53 Å². The van der Waals surface area contributed by atoms with E-state index in [1.165, 1.54) is 11.3 Å². The molecule has 0 aliphatic heterocycles. The van der Waals surface area contributed by atoms with Crippen molar-refractivity contribution in [2.75, 3.05) is 0 Å². The molecule has 0 radical (unpaired) electrons. The van der Waals surface area contributed by atoms with Crippen molar-refractivity contribution >= 4 is 28.6 Å². The van der Waals surface area contributed by atoms with Crippen LogP contribution in [0.15, 0.2) is 34.6 Å². The minimum Gasteiger partial charge on any atom is -0.460 e. The quantitative estimate of drug-likeness (QED) is 0.736. The summed E-state index contributed by atoms with van der Waals surface area (Å²) < 4.78 is 5.16. The number of aromatic amines is 1. The zero-order valence-corrected chi connectivity index (χ0v) is 12.0. The van der Waals surface area contributed by atoms with Crippen LogP contribution in [0.2, 0.25) is 0 Å². The Morgan fingerprint density at radius 1 is 1.40 bits per heavy atom. The van der Waals surface area contributed by atoms with E-state index < -0.39 is 0 Å². The minimum absolute atomic E-state index is 0.193. The highest BCUT2D eigenvalue weighted by Crippen LogP contribution is 2.25. The lowest BCUT2D eigenvalue weighted by atomic mass is 10.3. The van der Waals surface area contributed by atoms with E-state index in [2.05, 4.69) is 15.2 Å². The lowest BCUT2D eigenvalue weighted by Gasteiger charge is -2.00. The van der Waals surface area contributed by atoms with E-state index in [9.17, 15) is 4.79 Å². The molecule has 0 fully saturated rings. The van der Waals surface area contributed by atoms with Gasteiger partial charge in [-0.1, -0.05) is 0 Å². The average molecular weight is 305 g/mol. The fraction of sp³-hybridized carbons (Fsp3) is 0.154. The third-order valence-corrected chi connectivity index (χ3v) is 4.22. The van der Waals surface area contributed by atoms with Gasteiger partial charge in [0.25, 0.3) is 0 Å². The molecule has 20 heavy (non-hydrogen) atoms. The van der Waals surface area contributed by atoms with Crippen LogP contribution in [-0.2, 0) is 22.6 Å². The van der Waals surface area contributed by atoms with Crippen LogP contribution in [-0.4, -0.2) is 21.2 Å². The Hall–Kier alpha value is -1.99. The Kier molecular flexibility index (Phi) is 3.89. The summed E-state index contributed by atoms with van der Waals surface area (Å²) >= 11 is 3.17. The fourth-order valence-electron chi connectivity index (χ4n) is 1.63. The number of thiophene rings is 1. The Balaban J connectivity index is 1.56. The molecule has 7 heteroatoms. The Labute approximate surface area is 123 Å². The van der Waals surface area contributed by atoms with Gasteiger partial charge in [0, 0.05) is 28.1 Å². The van der Waals surface area contributed by atoms with Crippen LogP contribution >= 0.6 is 22.7 Å². The van der Waals surface area contributed by atoms with Gasteiger partial charge >= 0.3 is 5.97 Å². The molecule has 0 saturated carbocycles.